The van der Waals surface area contributed by atoms with Crippen LogP contribution in [0.5, 0.6) is 0 Å². The van der Waals surface area contributed by atoms with Crippen molar-refractivity contribution in [3.05, 3.63) is 52.3 Å². The molecule has 0 radical (unpaired) electrons. The van der Waals surface area contributed by atoms with Gasteiger partial charge in [-0.3, -0.25) is 10.1 Å². The van der Waals surface area contributed by atoms with Crippen molar-refractivity contribution in [2.75, 3.05) is 31.3 Å². The van der Waals surface area contributed by atoms with Crippen LogP contribution in [-0.4, -0.2) is 57.7 Å². The highest BCUT2D eigenvalue weighted by Gasteiger charge is 2.13. The lowest BCUT2D eigenvalue weighted by molar-refractivity contribution is -0.385. The molecule has 0 saturated heterocycles. The van der Waals surface area contributed by atoms with E-state index in [0.717, 1.165) is 37.5 Å². The van der Waals surface area contributed by atoms with E-state index in [1.54, 1.807) is 12.1 Å². The standard InChI is InChI=1S/C17H22N6O4/c1-22(2)9-3-4-15(20-13-7-5-12(6-8-13)16(24)25)21-17-18-10-14(11-19-17)23(26)27/h5-8,10-11,15,20H,3-4,9H2,1-2H3,(H,24,25)(H,18,19,21). The molecule has 144 valence electrons. The number of anilines is 2. The van der Waals surface area contributed by atoms with Gasteiger partial charge in [0, 0.05) is 5.69 Å². The summed E-state index contributed by atoms with van der Waals surface area (Å²) in [6, 6.07) is 6.40. The summed E-state index contributed by atoms with van der Waals surface area (Å²) < 4.78 is 0. The zero-order chi connectivity index (χ0) is 19.8. The molecule has 2 rings (SSSR count). The molecule has 0 spiro atoms. The average molecular weight is 374 g/mol. The molecule has 27 heavy (non-hydrogen) atoms. The summed E-state index contributed by atoms with van der Waals surface area (Å²) in [6.45, 7) is 0.888. The van der Waals surface area contributed by atoms with Crippen LogP contribution in [0.4, 0.5) is 17.3 Å². The van der Waals surface area contributed by atoms with E-state index in [4.69, 9.17) is 5.11 Å². The second kappa shape index (κ2) is 9.43. The predicted molar refractivity (Wildman–Crippen MR) is 101 cm³/mol. The highest BCUT2D eigenvalue weighted by molar-refractivity contribution is 5.88. The number of nitro groups is 1. The number of nitrogens with zero attached hydrogens (tertiary/aromatic N) is 4. The Labute approximate surface area is 156 Å². The third-order valence-corrected chi connectivity index (χ3v) is 3.72. The van der Waals surface area contributed by atoms with Crippen molar-refractivity contribution in [1.29, 1.82) is 0 Å². The van der Waals surface area contributed by atoms with Crippen LogP contribution in [-0.2, 0) is 0 Å². The first kappa shape index (κ1) is 20.0. The van der Waals surface area contributed by atoms with Gasteiger partial charge in [-0.15, -0.1) is 0 Å². The second-order valence-electron chi connectivity index (χ2n) is 6.19. The van der Waals surface area contributed by atoms with Crippen molar-refractivity contribution in [3.63, 3.8) is 0 Å². The molecule has 10 heteroatoms. The molecule has 0 amide bonds. The number of hydrogen-bond acceptors (Lipinski definition) is 8. The van der Waals surface area contributed by atoms with E-state index in [1.165, 1.54) is 12.1 Å². The number of rotatable bonds is 10. The zero-order valence-corrected chi connectivity index (χ0v) is 15.1. The van der Waals surface area contributed by atoms with Gasteiger partial charge in [-0.1, -0.05) is 0 Å². The van der Waals surface area contributed by atoms with Gasteiger partial charge in [0.05, 0.1) is 16.7 Å². The molecule has 1 aromatic carbocycles. The van der Waals surface area contributed by atoms with Crippen LogP contribution in [0.3, 0.4) is 0 Å². The zero-order valence-electron chi connectivity index (χ0n) is 15.1. The van der Waals surface area contributed by atoms with Crippen molar-refractivity contribution in [3.8, 4) is 0 Å². The van der Waals surface area contributed by atoms with Crippen molar-refractivity contribution < 1.29 is 14.8 Å². The molecule has 0 bridgehead atoms. The number of hydrogen-bond donors (Lipinski definition) is 3. The smallest absolute Gasteiger partial charge is 0.335 e. The van der Waals surface area contributed by atoms with E-state index >= 15 is 0 Å². The molecule has 2 aromatic rings. The van der Waals surface area contributed by atoms with Gasteiger partial charge in [0.25, 0.3) is 0 Å². The van der Waals surface area contributed by atoms with Crippen LogP contribution in [0, 0.1) is 10.1 Å². The Morgan fingerprint density at radius 3 is 2.37 bits per heavy atom. The number of nitrogens with one attached hydrogen (secondary N) is 2. The topological polar surface area (TPSA) is 134 Å². The van der Waals surface area contributed by atoms with E-state index in [-0.39, 0.29) is 23.4 Å². The van der Waals surface area contributed by atoms with Crippen molar-refractivity contribution in [1.82, 2.24) is 14.9 Å². The molecule has 1 unspecified atom stereocenters. The summed E-state index contributed by atoms with van der Waals surface area (Å²) in [4.78, 5) is 31.1. The van der Waals surface area contributed by atoms with Crippen LogP contribution in [0.2, 0.25) is 0 Å². The quantitative estimate of drug-likeness (QED) is 0.325. The highest BCUT2D eigenvalue weighted by Crippen LogP contribution is 2.15. The summed E-state index contributed by atoms with van der Waals surface area (Å²) in [5.74, 6) is -0.716. The second-order valence-corrected chi connectivity index (χ2v) is 6.19. The monoisotopic (exact) mass is 374 g/mol. The molecule has 0 aliphatic heterocycles. The number of benzene rings is 1. The first-order chi connectivity index (χ1) is 12.8. The molecule has 3 N–H and O–H groups in total. The highest BCUT2D eigenvalue weighted by atomic mass is 16.6. The van der Waals surface area contributed by atoms with Gasteiger partial charge in [0.2, 0.25) is 5.95 Å². The van der Waals surface area contributed by atoms with E-state index in [1.807, 2.05) is 14.1 Å². The number of carboxylic acids is 1. The van der Waals surface area contributed by atoms with Crippen LogP contribution in [0.25, 0.3) is 0 Å². The van der Waals surface area contributed by atoms with Crippen molar-refractivity contribution >= 4 is 23.3 Å². The van der Waals surface area contributed by atoms with E-state index < -0.39 is 10.9 Å². The van der Waals surface area contributed by atoms with Gasteiger partial charge in [0.15, 0.2) is 0 Å². The molecule has 0 saturated carbocycles. The minimum Gasteiger partial charge on any atom is -0.478 e. The molecule has 1 heterocycles. The maximum Gasteiger partial charge on any atom is 0.335 e. The van der Waals surface area contributed by atoms with E-state index in [2.05, 4.69) is 25.5 Å². The molecule has 1 atom stereocenters. The summed E-state index contributed by atoms with van der Waals surface area (Å²) in [6.07, 6.45) is 3.68. The Morgan fingerprint density at radius 2 is 1.85 bits per heavy atom. The Hall–Kier alpha value is -3.27. The van der Waals surface area contributed by atoms with Gasteiger partial charge < -0.3 is 20.6 Å². The Bertz CT molecular complexity index is 704. The number of carbonyl (C=O) groups is 1. The Balaban J connectivity index is 2.07. The molecular formula is C17H22N6O4. The molecule has 0 aliphatic rings. The summed E-state index contributed by atoms with van der Waals surface area (Å²) in [5.41, 5.74) is 0.766. The average Bonchev–Trinajstić information content (AvgIpc) is 2.62. The fourth-order valence-corrected chi connectivity index (χ4v) is 2.35. The lowest BCUT2D eigenvalue weighted by atomic mass is 10.2. The summed E-state index contributed by atoms with van der Waals surface area (Å²) >= 11 is 0. The molecular weight excluding hydrogens is 352 g/mol. The van der Waals surface area contributed by atoms with Crippen LogP contribution in [0.15, 0.2) is 36.7 Å². The third-order valence-electron chi connectivity index (χ3n) is 3.72. The molecule has 1 aromatic heterocycles. The number of aromatic carboxylic acids is 1. The molecule has 10 nitrogen and oxygen atoms in total. The number of aromatic nitrogens is 2. The maximum absolute atomic E-state index is 11.0. The predicted octanol–water partition coefficient (Wildman–Crippen LogP) is 2.27. The normalized spacial score (nSPS) is 11.8. The molecule has 0 fully saturated rings. The van der Waals surface area contributed by atoms with E-state index in [9.17, 15) is 14.9 Å². The first-order valence-electron chi connectivity index (χ1n) is 8.33. The van der Waals surface area contributed by atoms with Crippen molar-refractivity contribution in [2.45, 2.75) is 19.0 Å². The van der Waals surface area contributed by atoms with Gasteiger partial charge in [-0.2, -0.15) is 0 Å². The largest absolute Gasteiger partial charge is 0.478 e. The van der Waals surface area contributed by atoms with E-state index in [0.29, 0.717) is 0 Å². The number of carboxylic acid groups (broad SMARTS) is 1. The minimum atomic E-state index is -0.985. The fraction of sp³-hybridized carbons (Fsp3) is 0.353. The van der Waals surface area contributed by atoms with Gasteiger partial charge in [0.1, 0.15) is 12.4 Å². The molecule has 0 aliphatic carbocycles. The van der Waals surface area contributed by atoms with Crippen LogP contribution in [0.1, 0.15) is 23.2 Å². The maximum atomic E-state index is 11.0. The summed E-state index contributed by atoms with van der Waals surface area (Å²) in [7, 11) is 3.97. The first-order valence-corrected chi connectivity index (χ1v) is 8.33. The third kappa shape index (κ3) is 6.51. The van der Waals surface area contributed by atoms with Crippen LogP contribution >= 0.6 is 0 Å². The van der Waals surface area contributed by atoms with Gasteiger partial charge >= 0.3 is 11.7 Å². The minimum absolute atomic E-state index is 0.179. The summed E-state index contributed by atoms with van der Waals surface area (Å²) in [5, 5.41) is 26.1. The van der Waals surface area contributed by atoms with Crippen molar-refractivity contribution in [2.24, 2.45) is 0 Å². The lowest BCUT2D eigenvalue weighted by Gasteiger charge is -2.22. The van der Waals surface area contributed by atoms with Crippen LogP contribution < -0.4 is 10.6 Å². The fourth-order valence-electron chi connectivity index (χ4n) is 2.35. The lowest BCUT2D eigenvalue weighted by Crippen LogP contribution is -2.30. The Kier molecular flexibility index (Phi) is 7.00. The van der Waals surface area contributed by atoms with Gasteiger partial charge in [-0.25, -0.2) is 14.8 Å². The SMILES string of the molecule is CN(C)CCCC(Nc1ccc(C(=O)O)cc1)Nc1ncc([N+](=O)[O-])cn1. The van der Waals surface area contributed by atoms with Gasteiger partial charge in [-0.05, 0) is 57.7 Å². The Morgan fingerprint density at radius 1 is 1.22 bits per heavy atom.